The molecule has 3 rings (SSSR count). The number of hydrogen-bond donors (Lipinski definition) is 1. The Balaban J connectivity index is 2.15. The summed E-state index contributed by atoms with van der Waals surface area (Å²) < 4.78 is 1.31. The van der Waals surface area contributed by atoms with E-state index in [-0.39, 0.29) is 6.04 Å². The molecule has 0 aliphatic rings. The molecule has 0 spiro atoms. The van der Waals surface area contributed by atoms with Gasteiger partial charge in [-0.1, -0.05) is 18.2 Å². The zero-order chi connectivity index (χ0) is 12.4. The van der Waals surface area contributed by atoms with E-state index in [9.17, 15) is 0 Å². The molecule has 1 atom stereocenters. The summed E-state index contributed by atoms with van der Waals surface area (Å²) in [6.07, 6.45) is 5.24. The van der Waals surface area contributed by atoms with E-state index in [1.165, 1.54) is 15.6 Å². The highest BCUT2D eigenvalue weighted by molar-refractivity contribution is 7.17. The Morgan fingerprint density at radius 2 is 2.17 bits per heavy atom. The predicted octanol–water partition coefficient (Wildman–Crippen LogP) is 3.00. The fraction of sp³-hybridized carbons (Fsp3) is 0.143. The van der Waals surface area contributed by atoms with Gasteiger partial charge in [0, 0.05) is 17.1 Å². The summed E-state index contributed by atoms with van der Waals surface area (Å²) in [5, 5.41) is 6.72. The third kappa shape index (κ3) is 1.89. The van der Waals surface area contributed by atoms with E-state index < -0.39 is 0 Å². The van der Waals surface area contributed by atoms with Crippen molar-refractivity contribution in [3.8, 4) is 0 Å². The lowest BCUT2D eigenvalue weighted by atomic mass is 10.0. The van der Waals surface area contributed by atoms with Gasteiger partial charge in [0.1, 0.15) is 0 Å². The minimum atomic E-state index is 0.0843. The molecule has 0 bridgehead atoms. The van der Waals surface area contributed by atoms with Crippen molar-refractivity contribution in [1.29, 1.82) is 0 Å². The normalized spacial score (nSPS) is 12.7. The topological polar surface area (TPSA) is 37.8 Å². The summed E-state index contributed by atoms with van der Waals surface area (Å²) in [5.74, 6) is 0. The molecule has 0 fully saturated rings. The van der Waals surface area contributed by atoms with E-state index in [1.807, 2.05) is 13.2 Å². The van der Waals surface area contributed by atoms with Crippen molar-refractivity contribution in [2.75, 3.05) is 7.05 Å². The molecule has 2 heterocycles. The van der Waals surface area contributed by atoms with Crippen LogP contribution in [0.25, 0.3) is 10.1 Å². The Kier molecular flexibility index (Phi) is 3.04. The lowest BCUT2D eigenvalue weighted by Gasteiger charge is -2.16. The second-order valence-corrected chi connectivity index (χ2v) is 4.95. The molecule has 4 heteroatoms. The van der Waals surface area contributed by atoms with Crippen molar-refractivity contribution < 1.29 is 0 Å². The number of fused-ring (bicyclic) bond motifs is 1. The molecular weight excluding hydrogens is 242 g/mol. The fourth-order valence-corrected chi connectivity index (χ4v) is 3.11. The summed E-state index contributed by atoms with van der Waals surface area (Å²) in [7, 11) is 1.95. The molecule has 0 saturated carbocycles. The van der Waals surface area contributed by atoms with E-state index in [0.29, 0.717) is 0 Å². The standard InChI is InChI=1S/C14H13N3S/c1-15-13(12-9-16-6-7-17-12)11-4-2-3-10-5-8-18-14(10)11/h2-9,13,15H,1H3. The van der Waals surface area contributed by atoms with Gasteiger partial charge in [-0.3, -0.25) is 9.97 Å². The van der Waals surface area contributed by atoms with E-state index in [2.05, 4.69) is 44.9 Å². The first-order valence-corrected chi connectivity index (χ1v) is 6.67. The Morgan fingerprint density at radius 3 is 2.94 bits per heavy atom. The van der Waals surface area contributed by atoms with Crippen LogP contribution < -0.4 is 5.32 Å². The number of rotatable bonds is 3. The molecule has 0 amide bonds. The van der Waals surface area contributed by atoms with Crippen LogP contribution in [0.5, 0.6) is 0 Å². The number of aromatic nitrogens is 2. The maximum absolute atomic E-state index is 4.40. The molecule has 1 unspecified atom stereocenters. The summed E-state index contributed by atoms with van der Waals surface area (Å²) in [5.41, 5.74) is 2.20. The highest BCUT2D eigenvalue weighted by Crippen LogP contribution is 2.31. The summed E-state index contributed by atoms with van der Waals surface area (Å²) >= 11 is 1.76. The molecule has 1 aromatic carbocycles. The van der Waals surface area contributed by atoms with Crippen molar-refractivity contribution in [3.05, 3.63) is 59.5 Å². The third-order valence-corrected chi connectivity index (χ3v) is 3.97. The molecule has 2 aromatic heterocycles. The zero-order valence-corrected chi connectivity index (χ0v) is 10.8. The summed E-state index contributed by atoms with van der Waals surface area (Å²) in [6.45, 7) is 0. The van der Waals surface area contributed by atoms with Crippen LogP contribution in [0.2, 0.25) is 0 Å². The van der Waals surface area contributed by atoms with Gasteiger partial charge >= 0.3 is 0 Å². The molecule has 3 aromatic rings. The number of thiophene rings is 1. The van der Waals surface area contributed by atoms with Gasteiger partial charge < -0.3 is 5.32 Å². The number of hydrogen-bond acceptors (Lipinski definition) is 4. The van der Waals surface area contributed by atoms with Crippen LogP contribution in [0, 0.1) is 0 Å². The van der Waals surface area contributed by atoms with Gasteiger partial charge in [-0.05, 0) is 29.4 Å². The third-order valence-electron chi connectivity index (χ3n) is 2.99. The molecule has 0 aliphatic heterocycles. The quantitative estimate of drug-likeness (QED) is 0.781. The van der Waals surface area contributed by atoms with Crippen LogP contribution in [0.1, 0.15) is 17.3 Å². The van der Waals surface area contributed by atoms with Gasteiger partial charge in [-0.15, -0.1) is 11.3 Å². The van der Waals surface area contributed by atoms with E-state index in [4.69, 9.17) is 0 Å². The highest BCUT2D eigenvalue weighted by Gasteiger charge is 2.16. The lowest BCUT2D eigenvalue weighted by Crippen LogP contribution is -2.19. The smallest absolute Gasteiger partial charge is 0.0801 e. The van der Waals surface area contributed by atoms with Crippen molar-refractivity contribution in [1.82, 2.24) is 15.3 Å². The van der Waals surface area contributed by atoms with Gasteiger partial charge in [0.05, 0.1) is 17.9 Å². The predicted molar refractivity (Wildman–Crippen MR) is 74.8 cm³/mol. The first kappa shape index (κ1) is 11.3. The monoisotopic (exact) mass is 255 g/mol. The Bertz CT molecular complexity index is 648. The van der Waals surface area contributed by atoms with Gasteiger partial charge in [0.15, 0.2) is 0 Å². The Labute approximate surface area is 110 Å². The molecule has 0 saturated heterocycles. The van der Waals surface area contributed by atoms with E-state index in [0.717, 1.165) is 5.69 Å². The summed E-state index contributed by atoms with van der Waals surface area (Å²) in [4.78, 5) is 8.54. The molecule has 1 N–H and O–H groups in total. The number of benzene rings is 1. The molecular formula is C14H13N3S. The molecule has 0 radical (unpaired) electrons. The SMILES string of the molecule is CNC(c1cnccn1)c1cccc2ccsc12. The van der Waals surface area contributed by atoms with Crippen molar-refractivity contribution in [3.63, 3.8) is 0 Å². The van der Waals surface area contributed by atoms with Gasteiger partial charge in [-0.25, -0.2) is 0 Å². The second kappa shape index (κ2) is 4.84. The van der Waals surface area contributed by atoms with Gasteiger partial charge in [-0.2, -0.15) is 0 Å². The van der Waals surface area contributed by atoms with Gasteiger partial charge in [0.2, 0.25) is 0 Å². The molecule has 90 valence electrons. The largest absolute Gasteiger partial charge is 0.308 e. The molecule has 0 aliphatic carbocycles. The lowest BCUT2D eigenvalue weighted by molar-refractivity contribution is 0.672. The van der Waals surface area contributed by atoms with Crippen LogP contribution in [0.3, 0.4) is 0 Å². The maximum atomic E-state index is 4.40. The van der Waals surface area contributed by atoms with Crippen molar-refractivity contribution >= 4 is 21.4 Å². The first-order valence-electron chi connectivity index (χ1n) is 5.79. The van der Waals surface area contributed by atoms with Crippen molar-refractivity contribution in [2.24, 2.45) is 0 Å². The van der Waals surface area contributed by atoms with Crippen LogP contribution in [-0.4, -0.2) is 17.0 Å². The van der Waals surface area contributed by atoms with Crippen molar-refractivity contribution in [2.45, 2.75) is 6.04 Å². The van der Waals surface area contributed by atoms with Crippen LogP contribution in [0.15, 0.2) is 48.2 Å². The number of nitrogens with zero attached hydrogens (tertiary/aromatic N) is 2. The Hall–Kier alpha value is -1.78. The molecule has 3 nitrogen and oxygen atoms in total. The van der Waals surface area contributed by atoms with Gasteiger partial charge in [0.25, 0.3) is 0 Å². The average molecular weight is 255 g/mol. The summed E-state index contributed by atoms with van der Waals surface area (Å²) in [6, 6.07) is 8.60. The van der Waals surface area contributed by atoms with Crippen LogP contribution in [-0.2, 0) is 0 Å². The van der Waals surface area contributed by atoms with E-state index in [1.54, 1.807) is 23.7 Å². The highest BCUT2D eigenvalue weighted by atomic mass is 32.1. The fourth-order valence-electron chi connectivity index (χ4n) is 2.17. The minimum Gasteiger partial charge on any atom is -0.308 e. The second-order valence-electron chi connectivity index (χ2n) is 4.04. The maximum Gasteiger partial charge on any atom is 0.0801 e. The molecule has 18 heavy (non-hydrogen) atoms. The Morgan fingerprint density at radius 1 is 1.22 bits per heavy atom. The average Bonchev–Trinajstić information content (AvgIpc) is 2.90. The minimum absolute atomic E-state index is 0.0843. The number of nitrogens with one attached hydrogen (secondary N) is 1. The van der Waals surface area contributed by atoms with Crippen LogP contribution >= 0.6 is 11.3 Å². The first-order chi connectivity index (χ1) is 8.90. The zero-order valence-electron chi connectivity index (χ0n) is 10.00. The van der Waals surface area contributed by atoms with Crippen LogP contribution in [0.4, 0.5) is 0 Å². The van der Waals surface area contributed by atoms with E-state index >= 15 is 0 Å².